The number of phenols is 1. The van der Waals surface area contributed by atoms with E-state index < -0.39 is 28.9 Å². The third kappa shape index (κ3) is 3.58. The highest BCUT2D eigenvalue weighted by molar-refractivity contribution is 5.79. The Kier molecular flexibility index (Phi) is 5.41. The second-order valence-electron chi connectivity index (χ2n) is 12.3. The summed E-state index contributed by atoms with van der Waals surface area (Å²) >= 11 is 0. The van der Waals surface area contributed by atoms with Crippen LogP contribution in [0.4, 0.5) is 13.2 Å². The molecule has 2 N–H and O–H groups in total. The number of ether oxygens (including phenoxy) is 1. The molecule has 2 aliphatic heterocycles. The van der Waals surface area contributed by atoms with Crippen LogP contribution in [0.15, 0.2) is 36.4 Å². The number of rotatable bonds is 5. The predicted molar refractivity (Wildman–Crippen MR) is 136 cm³/mol. The summed E-state index contributed by atoms with van der Waals surface area (Å²) in [4.78, 5) is 17.6. The van der Waals surface area contributed by atoms with E-state index in [1.165, 1.54) is 25.0 Å². The van der Waals surface area contributed by atoms with Gasteiger partial charge in [0, 0.05) is 25.2 Å². The van der Waals surface area contributed by atoms with Crippen molar-refractivity contribution >= 4 is 5.91 Å². The summed E-state index contributed by atoms with van der Waals surface area (Å²) in [5.74, 6) is 0.959. The molecule has 7 rings (SSSR count). The highest BCUT2D eigenvalue weighted by Crippen LogP contribution is 2.66. The maximum atomic E-state index is 13.4. The molecule has 2 aromatic rings. The van der Waals surface area contributed by atoms with Crippen molar-refractivity contribution in [1.82, 2.24) is 9.80 Å². The molecule has 39 heavy (non-hydrogen) atoms. The zero-order chi connectivity index (χ0) is 27.3. The molecule has 5 atom stereocenters. The molecule has 208 valence electrons. The molecule has 3 aliphatic carbocycles. The third-order valence-electron chi connectivity index (χ3n) is 10.3. The van der Waals surface area contributed by atoms with Crippen molar-refractivity contribution in [3.05, 3.63) is 58.7 Å². The SMILES string of the molecule is CN(C(=O)Cc1ccc(C(F)(F)F)cc1)C1CC[C@@]2(O)[C@H]3Cc4ccc(O)c5c4[C@@]2(CCN3CC2CC2)C1O5. The summed E-state index contributed by atoms with van der Waals surface area (Å²) in [7, 11) is 1.72. The number of halogens is 3. The maximum Gasteiger partial charge on any atom is 0.416 e. The molecule has 0 aromatic heterocycles. The number of likely N-dealkylation sites (tertiary alicyclic amines) is 1. The van der Waals surface area contributed by atoms with Gasteiger partial charge in [-0.3, -0.25) is 9.69 Å². The number of carbonyl (C=O) groups is 1. The largest absolute Gasteiger partial charge is 0.504 e. The fourth-order valence-electron chi connectivity index (χ4n) is 8.15. The van der Waals surface area contributed by atoms with E-state index in [4.69, 9.17) is 4.74 Å². The minimum absolute atomic E-state index is 0.0314. The molecule has 0 radical (unpaired) electrons. The molecule has 2 bridgehead atoms. The second kappa shape index (κ2) is 8.36. The van der Waals surface area contributed by atoms with Crippen LogP contribution < -0.4 is 4.74 Å². The van der Waals surface area contributed by atoms with Crippen molar-refractivity contribution < 1.29 is 32.9 Å². The van der Waals surface area contributed by atoms with E-state index in [1.807, 2.05) is 6.07 Å². The Morgan fingerprint density at radius 1 is 1.13 bits per heavy atom. The molecule has 5 aliphatic rings. The monoisotopic (exact) mass is 542 g/mol. The van der Waals surface area contributed by atoms with Crippen LogP contribution in [0.5, 0.6) is 11.5 Å². The number of phenolic OH excluding ortho intramolecular Hbond substituents is 1. The highest BCUT2D eigenvalue weighted by Gasteiger charge is 2.73. The number of alkyl halides is 3. The molecule has 3 fully saturated rings. The van der Waals surface area contributed by atoms with Crippen molar-refractivity contribution in [3.63, 3.8) is 0 Å². The topological polar surface area (TPSA) is 73.2 Å². The van der Waals surface area contributed by atoms with Crippen LogP contribution in [-0.4, -0.2) is 69.8 Å². The number of piperidine rings is 1. The first kappa shape index (κ1) is 25.2. The Hall–Kier alpha value is -2.78. The number of hydrogen-bond acceptors (Lipinski definition) is 5. The van der Waals surface area contributed by atoms with Crippen molar-refractivity contribution in [2.75, 3.05) is 20.1 Å². The number of amides is 1. The number of carbonyl (C=O) groups excluding carboxylic acids is 1. The Balaban J connectivity index is 1.21. The molecule has 2 heterocycles. The first-order valence-corrected chi connectivity index (χ1v) is 13.9. The number of aliphatic hydroxyl groups is 1. The number of likely N-dealkylation sites (N-methyl/N-ethyl adjacent to an activating group) is 1. The van der Waals surface area contributed by atoms with E-state index >= 15 is 0 Å². The van der Waals surface area contributed by atoms with Gasteiger partial charge in [0.25, 0.3) is 0 Å². The lowest BCUT2D eigenvalue weighted by molar-refractivity contribution is -0.200. The van der Waals surface area contributed by atoms with Crippen LogP contribution in [-0.2, 0) is 29.2 Å². The van der Waals surface area contributed by atoms with Crippen LogP contribution >= 0.6 is 0 Å². The summed E-state index contributed by atoms with van der Waals surface area (Å²) in [6, 6.07) is 7.93. The Labute approximate surface area is 225 Å². The van der Waals surface area contributed by atoms with E-state index in [2.05, 4.69) is 4.90 Å². The van der Waals surface area contributed by atoms with E-state index in [-0.39, 0.29) is 30.2 Å². The van der Waals surface area contributed by atoms with E-state index in [0.29, 0.717) is 42.9 Å². The Morgan fingerprint density at radius 2 is 1.87 bits per heavy atom. The minimum Gasteiger partial charge on any atom is -0.504 e. The average Bonchev–Trinajstić information content (AvgIpc) is 3.63. The lowest BCUT2D eigenvalue weighted by atomic mass is 9.48. The van der Waals surface area contributed by atoms with Crippen LogP contribution in [0.2, 0.25) is 0 Å². The van der Waals surface area contributed by atoms with Gasteiger partial charge in [0.2, 0.25) is 5.91 Å². The third-order valence-corrected chi connectivity index (χ3v) is 10.3. The summed E-state index contributed by atoms with van der Waals surface area (Å²) in [6.45, 7) is 1.82. The molecule has 2 unspecified atom stereocenters. The predicted octanol–water partition coefficient (Wildman–Crippen LogP) is 4.04. The van der Waals surface area contributed by atoms with Crippen LogP contribution in [0, 0.1) is 5.92 Å². The van der Waals surface area contributed by atoms with Gasteiger partial charge < -0.3 is 19.8 Å². The van der Waals surface area contributed by atoms with Gasteiger partial charge in [-0.1, -0.05) is 18.2 Å². The van der Waals surface area contributed by atoms with Gasteiger partial charge in [0.05, 0.1) is 29.0 Å². The lowest BCUT2D eigenvalue weighted by Gasteiger charge is -2.64. The molecule has 1 saturated heterocycles. The standard InChI is InChI=1S/C30H33F3N2O4/c1-34(24(37)14-17-4-7-20(8-5-17)30(31,32)33)21-10-11-29(38)23-15-19-6-9-22(36)26-25(19)28(29,27(21)39-26)12-13-35(23)16-18-2-3-18/h4-9,18,21,23,27,36,38H,2-3,10-16H2,1H3/t21?,23-,27?,28+,29-/m1/s1. The fraction of sp³-hybridized carbons (Fsp3) is 0.567. The van der Waals surface area contributed by atoms with Crippen molar-refractivity contribution in [2.24, 2.45) is 5.92 Å². The number of aromatic hydroxyl groups is 1. The van der Waals surface area contributed by atoms with Gasteiger partial charge in [-0.05, 0) is 80.3 Å². The highest BCUT2D eigenvalue weighted by atomic mass is 19.4. The molecule has 1 spiro atoms. The van der Waals surface area contributed by atoms with Crippen molar-refractivity contribution in [3.8, 4) is 11.5 Å². The first-order chi connectivity index (χ1) is 18.5. The number of nitrogens with zero attached hydrogens (tertiary/aromatic N) is 2. The van der Waals surface area contributed by atoms with Crippen molar-refractivity contribution in [1.29, 1.82) is 0 Å². The van der Waals surface area contributed by atoms with E-state index in [0.717, 1.165) is 36.3 Å². The molecule has 2 aromatic carbocycles. The van der Waals surface area contributed by atoms with Crippen LogP contribution in [0.1, 0.15) is 54.4 Å². The zero-order valence-electron chi connectivity index (χ0n) is 21.9. The number of benzene rings is 2. The Morgan fingerprint density at radius 3 is 2.56 bits per heavy atom. The minimum atomic E-state index is -4.43. The molecule has 1 amide bonds. The van der Waals surface area contributed by atoms with Gasteiger partial charge in [-0.25, -0.2) is 0 Å². The van der Waals surface area contributed by atoms with Crippen LogP contribution in [0.3, 0.4) is 0 Å². The zero-order valence-corrected chi connectivity index (χ0v) is 21.9. The van der Waals surface area contributed by atoms with E-state index in [1.54, 1.807) is 18.0 Å². The summed E-state index contributed by atoms with van der Waals surface area (Å²) in [5, 5.41) is 23.4. The van der Waals surface area contributed by atoms with Gasteiger partial charge in [-0.2, -0.15) is 13.2 Å². The molecule has 2 saturated carbocycles. The second-order valence-corrected chi connectivity index (χ2v) is 12.3. The summed E-state index contributed by atoms with van der Waals surface area (Å²) in [6.07, 6.45) is -0.0756. The fourth-order valence-corrected chi connectivity index (χ4v) is 8.15. The molecule has 9 heteroatoms. The smallest absolute Gasteiger partial charge is 0.416 e. The van der Waals surface area contributed by atoms with Gasteiger partial charge in [0.1, 0.15) is 6.10 Å². The number of hydrogen-bond donors (Lipinski definition) is 2. The average molecular weight is 543 g/mol. The van der Waals surface area contributed by atoms with Crippen molar-refractivity contribution in [2.45, 2.75) is 80.3 Å². The summed E-state index contributed by atoms with van der Waals surface area (Å²) < 4.78 is 45.5. The van der Waals surface area contributed by atoms with Gasteiger partial charge in [-0.15, -0.1) is 0 Å². The quantitative estimate of drug-likeness (QED) is 0.597. The lowest BCUT2D eigenvalue weighted by Crippen LogP contribution is -2.78. The molecular formula is C30H33F3N2O4. The first-order valence-electron chi connectivity index (χ1n) is 13.9. The van der Waals surface area contributed by atoms with Crippen LogP contribution in [0.25, 0.3) is 0 Å². The molecule has 6 nitrogen and oxygen atoms in total. The Bertz CT molecular complexity index is 1330. The summed E-state index contributed by atoms with van der Waals surface area (Å²) in [5.41, 5.74) is -0.00153. The van der Waals surface area contributed by atoms with E-state index in [9.17, 15) is 28.2 Å². The maximum absolute atomic E-state index is 13.4. The normalized spacial score (nSPS) is 32.9. The van der Waals surface area contributed by atoms with Gasteiger partial charge >= 0.3 is 6.18 Å². The molecular weight excluding hydrogens is 509 g/mol. The van der Waals surface area contributed by atoms with Gasteiger partial charge in [0.15, 0.2) is 11.5 Å².